The highest BCUT2D eigenvalue weighted by Gasteiger charge is 2.25. The molecule has 8 nitrogen and oxygen atoms in total. The molecule has 184 valence electrons. The molecule has 0 spiro atoms. The zero-order valence-electron chi connectivity index (χ0n) is 19.7. The Balaban J connectivity index is 1.45. The van der Waals surface area contributed by atoms with E-state index in [1.165, 1.54) is 18.5 Å². The highest BCUT2D eigenvalue weighted by atomic mass is 35.5. The van der Waals surface area contributed by atoms with Gasteiger partial charge in [-0.15, -0.1) is 11.3 Å². The SMILES string of the molecule is CN(CC=CC(=O)N1CCc2c(sc3ncnc(Nc4ccc(F)c(Cl)c4)c23)C1)CC(=O)N(C)C. The second-order valence-corrected chi connectivity index (χ2v) is 10.0. The molecule has 3 heterocycles. The number of anilines is 2. The van der Waals surface area contributed by atoms with Gasteiger partial charge in [0, 0.05) is 43.8 Å². The van der Waals surface area contributed by atoms with Gasteiger partial charge < -0.3 is 15.1 Å². The molecule has 2 amide bonds. The molecule has 2 aromatic heterocycles. The van der Waals surface area contributed by atoms with Crippen LogP contribution >= 0.6 is 22.9 Å². The van der Waals surface area contributed by atoms with Crippen molar-refractivity contribution in [3.05, 3.63) is 58.0 Å². The zero-order valence-corrected chi connectivity index (χ0v) is 21.3. The van der Waals surface area contributed by atoms with E-state index in [1.54, 1.807) is 53.5 Å². The van der Waals surface area contributed by atoms with Crippen LogP contribution < -0.4 is 5.32 Å². The number of hydrogen-bond acceptors (Lipinski definition) is 7. The van der Waals surface area contributed by atoms with Crippen LogP contribution in [0.15, 0.2) is 36.7 Å². The summed E-state index contributed by atoms with van der Waals surface area (Å²) in [5.41, 5.74) is 1.75. The Morgan fingerprint density at radius 1 is 1.29 bits per heavy atom. The Morgan fingerprint density at radius 3 is 2.83 bits per heavy atom. The van der Waals surface area contributed by atoms with E-state index in [4.69, 9.17) is 11.6 Å². The third-order valence-corrected chi connectivity index (χ3v) is 7.13. The van der Waals surface area contributed by atoms with Crippen LogP contribution in [-0.4, -0.2) is 77.3 Å². The van der Waals surface area contributed by atoms with E-state index in [2.05, 4.69) is 15.3 Å². The van der Waals surface area contributed by atoms with Gasteiger partial charge in [0.1, 0.15) is 22.8 Å². The van der Waals surface area contributed by atoms with Gasteiger partial charge in [-0.3, -0.25) is 14.5 Å². The van der Waals surface area contributed by atoms with Crippen molar-refractivity contribution in [2.45, 2.75) is 13.0 Å². The Kier molecular flexibility index (Phi) is 7.63. The Bertz CT molecular complexity index is 1290. The molecule has 0 radical (unpaired) electrons. The average Bonchev–Trinajstić information content (AvgIpc) is 3.20. The predicted octanol–water partition coefficient (Wildman–Crippen LogP) is 3.69. The largest absolute Gasteiger partial charge is 0.348 e. The van der Waals surface area contributed by atoms with Crippen LogP contribution in [0.4, 0.5) is 15.9 Å². The average molecular weight is 517 g/mol. The maximum absolute atomic E-state index is 13.5. The topological polar surface area (TPSA) is 81.7 Å². The number of nitrogens with one attached hydrogen (secondary N) is 1. The van der Waals surface area contributed by atoms with E-state index in [1.807, 2.05) is 11.9 Å². The van der Waals surface area contributed by atoms with Gasteiger partial charge in [-0.2, -0.15) is 0 Å². The summed E-state index contributed by atoms with van der Waals surface area (Å²) < 4.78 is 13.5. The molecule has 4 rings (SSSR count). The van der Waals surface area contributed by atoms with Crippen molar-refractivity contribution in [3.63, 3.8) is 0 Å². The summed E-state index contributed by atoms with van der Waals surface area (Å²) in [6, 6.07) is 4.43. The Hall–Kier alpha value is -3.08. The molecule has 0 bridgehead atoms. The number of carbonyl (C=O) groups excluding carboxylic acids is 2. The van der Waals surface area contributed by atoms with Gasteiger partial charge >= 0.3 is 0 Å². The summed E-state index contributed by atoms with van der Waals surface area (Å²) in [7, 11) is 5.28. The molecule has 0 aliphatic carbocycles. The number of fused-ring (bicyclic) bond motifs is 3. The van der Waals surface area contributed by atoms with Crippen molar-refractivity contribution in [2.24, 2.45) is 0 Å². The quantitative estimate of drug-likeness (QED) is 0.482. The van der Waals surface area contributed by atoms with Crippen LogP contribution in [0.25, 0.3) is 10.2 Å². The van der Waals surface area contributed by atoms with Gasteiger partial charge in [0.2, 0.25) is 11.8 Å². The molecule has 1 aliphatic rings. The third kappa shape index (κ3) is 5.77. The summed E-state index contributed by atoms with van der Waals surface area (Å²) in [5, 5.41) is 4.18. The second kappa shape index (κ2) is 10.7. The van der Waals surface area contributed by atoms with Crippen LogP contribution in [-0.2, 0) is 22.6 Å². The smallest absolute Gasteiger partial charge is 0.246 e. The van der Waals surface area contributed by atoms with E-state index >= 15 is 0 Å². The van der Waals surface area contributed by atoms with Crippen LogP contribution in [0.3, 0.4) is 0 Å². The second-order valence-electron chi connectivity index (χ2n) is 8.56. The van der Waals surface area contributed by atoms with Gasteiger partial charge in [-0.1, -0.05) is 17.7 Å². The van der Waals surface area contributed by atoms with Crippen molar-refractivity contribution in [2.75, 3.05) is 46.1 Å². The minimum absolute atomic E-state index is 0.0139. The highest BCUT2D eigenvalue weighted by molar-refractivity contribution is 7.19. The lowest BCUT2D eigenvalue weighted by atomic mass is 10.0. The van der Waals surface area contributed by atoms with Crippen molar-refractivity contribution in [1.82, 2.24) is 24.7 Å². The lowest BCUT2D eigenvalue weighted by molar-refractivity contribution is -0.129. The van der Waals surface area contributed by atoms with E-state index in [0.717, 1.165) is 20.7 Å². The number of thiophene rings is 1. The van der Waals surface area contributed by atoms with Crippen LogP contribution in [0.1, 0.15) is 10.4 Å². The molecule has 1 aromatic carbocycles. The lowest BCUT2D eigenvalue weighted by Crippen LogP contribution is -2.35. The molecular weight excluding hydrogens is 491 g/mol. The fourth-order valence-corrected chi connectivity index (χ4v) is 5.18. The van der Waals surface area contributed by atoms with Crippen molar-refractivity contribution < 1.29 is 14.0 Å². The molecule has 0 fully saturated rings. The Morgan fingerprint density at radius 2 is 2.09 bits per heavy atom. The highest BCUT2D eigenvalue weighted by Crippen LogP contribution is 2.38. The number of carbonyl (C=O) groups is 2. The first-order valence-electron chi connectivity index (χ1n) is 11.0. The number of benzene rings is 1. The van der Waals surface area contributed by atoms with E-state index in [9.17, 15) is 14.0 Å². The summed E-state index contributed by atoms with van der Waals surface area (Å²) in [5.74, 6) is 0.0986. The van der Waals surface area contributed by atoms with Crippen LogP contribution in [0.5, 0.6) is 0 Å². The van der Waals surface area contributed by atoms with Gasteiger partial charge in [0.05, 0.1) is 23.5 Å². The number of aromatic nitrogens is 2. The number of rotatable bonds is 7. The standard InChI is InChI=1S/C24H26ClFN6O2S/c1-30(2)21(34)13-31(3)9-4-5-20(33)32-10-8-16-19(12-32)35-24-22(16)23(27-14-28-24)29-15-6-7-18(26)17(25)11-15/h4-7,11,14H,8-10,12-13H2,1-3H3,(H,27,28,29). The number of nitrogens with zero attached hydrogens (tertiary/aromatic N) is 5. The maximum atomic E-state index is 13.5. The lowest BCUT2D eigenvalue weighted by Gasteiger charge is -2.26. The molecule has 1 aliphatic heterocycles. The minimum atomic E-state index is -0.481. The van der Waals surface area contributed by atoms with Gasteiger partial charge in [0.15, 0.2) is 0 Å². The number of likely N-dealkylation sites (N-methyl/N-ethyl adjacent to an activating group) is 2. The molecule has 0 saturated carbocycles. The zero-order chi connectivity index (χ0) is 25.1. The fraction of sp³-hybridized carbons (Fsp3) is 0.333. The first-order valence-corrected chi connectivity index (χ1v) is 12.2. The molecule has 11 heteroatoms. The fourth-order valence-electron chi connectivity index (χ4n) is 3.80. The first-order chi connectivity index (χ1) is 16.7. The van der Waals surface area contributed by atoms with Crippen molar-refractivity contribution in [1.29, 1.82) is 0 Å². The van der Waals surface area contributed by atoms with Crippen LogP contribution in [0, 0.1) is 5.82 Å². The Labute approximate surface area is 212 Å². The molecule has 0 atom stereocenters. The number of amides is 2. The molecule has 0 unspecified atom stereocenters. The maximum Gasteiger partial charge on any atom is 0.246 e. The van der Waals surface area contributed by atoms with Crippen molar-refractivity contribution >= 4 is 56.5 Å². The predicted molar refractivity (Wildman–Crippen MR) is 137 cm³/mol. The van der Waals surface area contributed by atoms with Crippen molar-refractivity contribution in [3.8, 4) is 0 Å². The number of hydrogen-bond donors (Lipinski definition) is 1. The summed E-state index contributed by atoms with van der Waals surface area (Å²) in [6.45, 7) is 1.87. The summed E-state index contributed by atoms with van der Waals surface area (Å²) >= 11 is 7.46. The van der Waals surface area contributed by atoms with E-state index < -0.39 is 5.82 Å². The van der Waals surface area contributed by atoms with Gasteiger partial charge in [-0.25, -0.2) is 14.4 Å². The van der Waals surface area contributed by atoms with Gasteiger partial charge in [-0.05, 0) is 37.2 Å². The third-order valence-electron chi connectivity index (χ3n) is 5.71. The molecule has 0 saturated heterocycles. The first kappa shape index (κ1) is 25.0. The monoisotopic (exact) mass is 516 g/mol. The summed E-state index contributed by atoms with van der Waals surface area (Å²) in [4.78, 5) is 40.5. The van der Waals surface area contributed by atoms with E-state index in [0.29, 0.717) is 44.1 Å². The normalized spacial score (nSPS) is 13.5. The molecule has 3 aromatic rings. The molecule has 1 N–H and O–H groups in total. The number of halogens is 2. The van der Waals surface area contributed by atoms with Gasteiger partial charge in [0.25, 0.3) is 0 Å². The molecular formula is C24H26ClFN6O2S. The molecule has 35 heavy (non-hydrogen) atoms. The summed E-state index contributed by atoms with van der Waals surface area (Å²) in [6.07, 6.45) is 5.52. The minimum Gasteiger partial charge on any atom is -0.348 e. The van der Waals surface area contributed by atoms with E-state index in [-0.39, 0.29) is 16.8 Å². The van der Waals surface area contributed by atoms with Crippen LogP contribution in [0.2, 0.25) is 5.02 Å².